The third kappa shape index (κ3) is 3.32. The molecule has 1 aliphatic heterocycles. The van der Waals surface area contributed by atoms with Gasteiger partial charge in [-0.3, -0.25) is 0 Å². The Morgan fingerprint density at radius 2 is 1.78 bits per heavy atom. The van der Waals surface area contributed by atoms with Crippen LogP contribution in [0.3, 0.4) is 0 Å². The SMILES string of the molecule is O=c1[nH]c2ccc(-c3nc(N4CCOCC4)nc4c3ncn4Cc3ccccc3)cc2[nH]1. The molecule has 1 aliphatic rings. The van der Waals surface area contributed by atoms with Crippen molar-refractivity contribution in [3.63, 3.8) is 0 Å². The van der Waals surface area contributed by atoms with Crippen molar-refractivity contribution in [1.29, 1.82) is 0 Å². The summed E-state index contributed by atoms with van der Waals surface area (Å²) in [6, 6.07) is 16.0. The van der Waals surface area contributed by atoms with Gasteiger partial charge in [0.15, 0.2) is 5.65 Å². The topological polar surface area (TPSA) is 105 Å². The number of benzene rings is 2. The van der Waals surface area contributed by atoms with Crippen molar-refractivity contribution < 1.29 is 4.74 Å². The number of ether oxygens (including phenoxy) is 1. The largest absolute Gasteiger partial charge is 0.378 e. The van der Waals surface area contributed by atoms with Crippen LogP contribution in [0.15, 0.2) is 59.7 Å². The Morgan fingerprint density at radius 3 is 2.62 bits per heavy atom. The Labute approximate surface area is 182 Å². The van der Waals surface area contributed by atoms with E-state index in [0.717, 1.165) is 46.5 Å². The number of imidazole rings is 2. The summed E-state index contributed by atoms with van der Waals surface area (Å²) in [6.07, 6.45) is 1.82. The van der Waals surface area contributed by atoms with Crippen molar-refractivity contribution in [2.75, 3.05) is 31.2 Å². The summed E-state index contributed by atoms with van der Waals surface area (Å²) < 4.78 is 7.56. The lowest BCUT2D eigenvalue weighted by molar-refractivity contribution is 0.122. The minimum atomic E-state index is -0.230. The first-order valence-corrected chi connectivity index (χ1v) is 10.6. The molecule has 0 bridgehead atoms. The van der Waals surface area contributed by atoms with Gasteiger partial charge in [-0.15, -0.1) is 0 Å². The second-order valence-electron chi connectivity index (χ2n) is 7.84. The third-order valence-electron chi connectivity index (χ3n) is 5.73. The van der Waals surface area contributed by atoms with Crippen LogP contribution in [0.5, 0.6) is 0 Å². The molecule has 3 aromatic heterocycles. The molecule has 5 aromatic rings. The van der Waals surface area contributed by atoms with Gasteiger partial charge in [0.1, 0.15) is 11.2 Å². The highest BCUT2D eigenvalue weighted by Gasteiger charge is 2.20. The van der Waals surface area contributed by atoms with E-state index >= 15 is 0 Å². The highest BCUT2D eigenvalue weighted by atomic mass is 16.5. The maximum absolute atomic E-state index is 11.7. The molecular weight excluding hydrogens is 406 g/mol. The normalized spacial score (nSPS) is 14.4. The van der Waals surface area contributed by atoms with Crippen molar-refractivity contribution >= 4 is 28.1 Å². The van der Waals surface area contributed by atoms with E-state index in [-0.39, 0.29) is 5.69 Å². The van der Waals surface area contributed by atoms with Gasteiger partial charge < -0.3 is 24.2 Å². The van der Waals surface area contributed by atoms with E-state index in [2.05, 4.69) is 36.6 Å². The van der Waals surface area contributed by atoms with Crippen LogP contribution >= 0.6 is 0 Å². The Kier molecular flexibility index (Phi) is 4.46. The smallest absolute Gasteiger partial charge is 0.323 e. The van der Waals surface area contributed by atoms with Crippen LogP contribution in [0.25, 0.3) is 33.5 Å². The minimum absolute atomic E-state index is 0.230. The second-order valence-corrected chi connectivity index (χ2v) is 7.84. The van der Waals surface area contributed by atoms with Gasteiger partial charge in [-0.05, 0) is 17.7 Å². The predicted octanol–water partition coefficient (Wildman–Crippen LogP) is 2.55. The lowest BCUT2D eigenvalue weighted by Gasteiger charge is -2.27. The summed E-state index contributed by atoms with van der Waals surface area (Å²) in [5.74, 6) is 0.660. The van der Waals surface area contributed by atoms with Crippen molar-refractivity contribution in [2.45, 2.75) is 6.54 Å². The van der Waals surface area contributed by atoms with Gasteiger partial charge in [0.25, 0.3) is 0 Å². The van der Waals surface area contributed by atoms with Gasteiger partial charge in [0.2, 0.25) is 5.95 Å². The number of nitrogens with one attached hydrogen (secondary N) is 2. The predicted molar refractivity (Wildman–Crippen MR) is 122 cm³/mol. The van der Waals surface area contributed by atoms with E-state index in [1.54, 1.807) is 0 Å². The van der Waals surface area contributed by atoms with E-state index in [1.807, 2.05) is 42.7 Å². The molecular formula is C23H21N7O2. The number of morpholine rings is 1. The first-order valence-electron chi connectivity index (χ1n) is 10.6. The van der Waals surface area contributed by atoms with Gasteiger partial charge in [0.05, 0.1) is 37.1 Å². The maximum Gasteiger partial charge on any atom is 0.323 e. The highest BCUT2D eigenvalue weighted by Crippen LogP contribution is 2.29. The number of nitrogens with zero attached hydrogens (tertiary/aromatic N) is 5. The fourth-order valence-electron chi connectivity index (χ4n) is 4.11. The zero-order valence-corrected chi connectivity index (χ0v) is 17.3. The standard InChI is InChI=1S/C23H21N7O2/c31-23-25-17-7-6-16(12-18(17)26-23)19-20-21(28-22(27-19)29-8-10-32-11-9-29)30(14-24-20)13-15-4-2-1-3-5-15/h1-7,12,14H,8-11,13H2,(H2,25,26,31). The van der Waals surface area contributed by atoms with Crippen molar-refractivity contribution in [3.05, 3.63) is 70.9 Å². The number of hydrogen-bond donors (Lipinski definition) is 2. The molecule has 1 saturated heterocycles. The number of anilines is 1. The molecule has 0 aliphatic carbocycles. The van der Waals surface area contributed by atoms with Gasteiger partial charge in [-0.25, -0.2) is 14.8 Å². The van der Waals surface area contributed by atoms with E-state index < -0.39 is 0 Å². The quantitative estimate of drug-likeness (QED) is 0.457. The van der Waals surface area contributed by atoms with Crippen LogP contribution in [0, 0.1) is 0 Å². The summed E-state index contributed by atoms with van der Waals surface area (Å²) in [5, 5.41) is 0. The van der Waals surface area contributed by atoms with Gasteiger partial charge >= 0.3 is 5.69 Å². The van der Waals surface area contributed by atoms with Crippen molar-refractivity contribution in [3.8, 4) is 11.3 Å². The van der Waals surface area contributed by atoms with E-state index in [0.29, 0.717) is 25.7 Å². The molecule has 1 fully saturated rings. The Hall–Kier alpha value is -3.98. The zero-order valence-electron chi connectivity index (χ0n) is 17.3. The molecule has 0 spiro atoms. The van der Waals surface area contributed by atoms with Gasteiger partial charge in [0, 0.05) is 18.7 Å². The molecule has 6 rings (SSSR count). The lowest BCUT2D eigenvalue weighted by atomic mass is 10.1. The Balaban J connectivity index is 1.52. The Morgan fingerprint density at radius 1 is 0.969 bits per heavy atom. The van der Waals surface area contributed by atoms with E-state index in [9.17, 15) is 4.79 Å². The molecule has 0 atom stereocenters. The van der Waals surface area contributed by atoms with Gasteiger partial charge in [-0.1, -0.05) is 36.4 Å². The summed E-state index contributed by atoms with van der Waals surface area (Å²) in [5.41, 5.74) is 5.56. The molecule has 32 heavy (non-hydrogen) atoms. The van der Waals surface area contributed by atoms with Crippen LogP contribution in [-0.2, 0) is 11.3 Å². The number of rotatable bonds is 4. The van der Waals surface area contributed by atoms with Crippen LogP contribution in [0.4, 0.5) is 5.95 Å². The zero-order chi connectivity index (χ0) is 21.5. The molecule has 9 nitrogen and oxygen atoms in total. The van der Waals surface area contributed by atoms with Crippen LogP contribution < -0.4 is 10.6 Å². The number of hydrogen-bond acceptors (Lipinski definition) is 6. The van der Waals surface area contributed by atoms with Crippen LogP contribution in [0.1, 0.15) is 5.56 Å². The maximum atomic E-state index is 11.7. The molecule has 9 heteroatoms. The average Bonchev–Trinajstić information content (AvgIpc) is 3.41. The summed E-state index contributed by atoms with van der Waals surface area (Å²) in [7, 11) is 0. The first kappa shape index (κ1) is 18.8. The molecule has 2 aromatic carbocycles. The summed E-state index contributed by atoms with van der Waals surface area (Å²) >= 11 is 0. The van der Waals surface area contributed by atoms with E-state index in [4.69, 9.17) is 14.7 Å². The first-order chi connectivity index (χ1) is 15.7. The number of aromatic nitrogens is 6. The summed E-state index contributed by atoms with van der Waals surface area (Å²) in [4.78, 5) is 34.0. The highest BCUT2D eigenvalue weighted by molar-refractivity contribution is 5.91. The van der Waals surface area contributed by atoms with Crippen molar-refractivity contribution in [2.24, 2.45) is 0 Å². The van der Waals surface area contributed by atoms with Crippen LogP contribution in [0.2, 0.25) is 0 Å². The fraction of sp³-hybridized carbons (Fsp3) is 0.217. The number of fused-ring (bicyclic) bond motifs is 2. The molecule has 0 amide bonds. The van der Waals surface area contributed by atoms with Gasteiger partial charge in [-0.2, -0.15) is 4.98 Å². The summed E-state index contributed by atoms with van der Waals surface area (Å²) in [6.45, 7) is 3.44. The van der Waals surface area contributed by atoms with E-state index in [1.165, 1.54) is 5.56 Å². The molecule has 160 valence electrons. The Bertz CT molecular complexity index is 1460. The second kappa shape index (κ2) is 7.61. The van der Waals surface area contributed by atoms with Crippen LogP contribution in [-0.4, -0.2) is 55.8 Å². The molecule has 0 saturated carbocycles. The lowest BCUT2D eigenvalue weighted by Crippen LogP contribution is -2.37. The molecule has 0 radical (unpaired) electrons. The average molecular weight is 427 g/mol. The number of aromatic amines is 2. The van der Waals surface area contributed by atoms with Crippen molar-refractivity contribution in [1.82, 2.24) is 29.5 Å². The third-order valence-corrected chi connectivity index (χ3v) is 5.73. The fourth-order valence-corrected chi connectivity index (χ4v) is 4.11. The molecule has 0 unspecified atom stereocenters. The monoisotopic (exact) mass is 427 g/mol. The molecule has 4 heterocycles. The minimum Gasteiger partial charge on any atom is -0.378 e. The number of H-pyrrole nitrogens is 2. The molecule has 2 N–H and O–H groups in total.